The Morgan fingerprint density at radius 1 is 0.345 bits per heavy atom. The summed E-state index contributed by atoms with van der Waals surface area (Å²) in [6.07, 6.45) is 0. The molecule has 8 bridgehead atoms. The predicted octanol–water partition coefficient (Wildman–Crippen LogP) is 14.3. The molecule has 0 unspecified atom stereocenters. The molecule has 1 N–H and O–H groups in total. The average molecular weight is 716 g/mol. The Morgan fingerprint density at radius 2 is 0.709 bits per heavy atom. The van der Waals surface area contributed by atoms with Crippen molar-refractivity contribution in [2.24, 2.45) is 0 Å². The molecule has 0 spiro atoms. The van der Waals surface area contributed by atoms with Gasteiger partial charge in [0.1, 0.15) is 0 Å². The van der Waals surface area contributed by atoms with Crippen molar-refractivity contribution in [3.63, 3.8) is 0 Å². The molecular weight excluding hydrogens is 667 g/mol. The van der Waals surface area contributed by atoms with Gasteiger partial charge in [0.05, 0.1) is 33.8 Å². The van der Waals surface area contributed by atoms with Gasteiger partial charge in [0.25, 0.3) is 0 Å². The van der Waals surface area contributed by atoms with Gasteiger partial charge in [-0.25, -0.2) is 9.97 Å². The number of fused-ring (bicyclic) bond motifs is 11. The van der Waals surface area contributed by atoms with Gasteiger partial charge in [0.15, 0.2) is 0 Å². The molecule has 0 fully saturated rings. The summed E-state index contributed by atoms with van der Waals surface area (Å²) in [5.41, 5.74) is 18.6. The first-order chi connectivity index (χ1) is 26.1. The van der Waals surface area contributed by atoms with Crippen LogP contribution in [-0.2, 0) is 16.2 Å². The van der Waals surface area contributed by atoms with E-state index in [0.717, 1.165) is 67.2 Å². The second-order valence-electron chi connectivity index (χ2n) is 18.6. The molecule has 1 aliphatic heterocycles. The minimum absolute atomic E-state index is 0.0872. The van der Waals surface area contributed by atoms with E-state index in [9.17, 15) is 0 Å². The molecule has 0 saturated carbocycles. The fourth-order valence-electron chi connectivity index (χ4n) is 7.96. The van der Waals surface area contributed by atoms with E-state index in [4.69, 9.17) is 9.97 Å². The van der Waals surface area contributed by atoms with Gasteiger partial charge < -0.3 is 4.98 Å². The second kappa shape index (κ2) is 12.4. The summed E-state index contributed by atoms with van der Waals surface area (Å²) in [5.74, 6) is 0. The summed E-state index contributed by atoms with van der Waals surface area (Å²) >= 11 is 0. The molecule has 0 atom stereocenters. The molecule has 4 heterocycles. The Balaban J connectivity index is 1.52. The highest BCUT2D eigenvalue weighted by molar-refractivity contribution is 6.17. The summed E-state index contributed by atoms with van der Waals surface area (Å²) in [6, 6.07) is 47.1. The van der Waals surface area contributed by atoms with Crippen LogP contribution in [0.15, 0.2) is 127 Å². The molecule has 3 nitrogen and oxygen atoms in total. The van der Waals surface area contributed by atoms with Crippen molar-refractivity contribution in [3.05, 3.63) is 144 Å². The molecule has 5 aromatic carbocycles. The van der Waals surface area contributed by atoms with Gasteiger partial charge in [-0.1, -0.05) is 123 Å². The van der Waals surface area contributed by atoms with Gasteiger partial charge in [0, 0.05) is 33.0 Å². The van der Waals surface area contributed by atoms with Crippen molar-refractivity contribution in [2.75, 3.05) is 0 Å². The highest BCUT2D eigenvalue weighted by Crippen LogP contribution is 2.45. The molecule has 55 heavy (non-hydrogen) atoms. The average Bonchev–Trinajstić information content (AvgIpc) is 3.54. The molecule has 3 aromatic heterocycles. The number of pyridine rings is 2. The van der Waals surface area contributed by atoms with E-state index in [-0.39, 0.29) is 16.2 Å². The smallest absolute Gasteiger partial charge is 0.0733 e. The number of aromatic nitrogens is 3. The first-order valence-electron chi connectivity index (χ1n) is 19.6. The van der Waals surface area contributed by atoms with E-state index < -0.39 is 0 Å². The number of hydrogen-bond donors (Lipinski definition) is 1. The van der Waals surface area contributed by atoms with E-state index in [2.05, 4.69) is 195 Å². The van der Waals surface area contributed by atoms with Crippen LogP contribution in [0.25, 0.3) is 89.1 Å². The van der Waals surface area contributed by atoms with Crippen molar-refractivity contribution in [2.45, 2.75) is 78.6 Å². The number of nitrogens with one attached hydrogen (secondary N) is 1. The summed E-state index contributed by atoms with van der Waals surface area (Å²) in [5, 5.41) is 2.35. The maximum Gasteiger partial charge on any atom is 0.0733 e. The lowest BCUT2D eigenvalue weighted by Crippen LogP contribution is -2.14. The van der Waals surface area contributed by atoms with Crippen LogP contribution >= 0.6 is 0 Å². The summed E-state index contributed by atoms with van der Waals surface area (Å²) in [7, 11) is 0. The Bertz CT molecular complexity index is 2600. The molecule has 9 rings (SSSR count). The number of aromatic amines is 1. The maximum absolute atomic E-state index is 5.59. The van der Waals surface area contributed by atoms with Gasteiger partial charge in [-0.3, -0.25) is 0 Å². The van der Waals surface area contributed by atoms with Gasteiger partial charge in [-0.05, 0) is 122 Å². The van der Waals surface area contributed by atoms with Crippen molar-refractivity contribution >= 4 is 21.8 Å². The summed E-state index contributed by atoms with van der Waals surface area (Å²) in [6.45, 7) is 20.7. The lowest BCUT2D eigenvalue weighted by atomic mass is 9.82. The van der Waals surface area contributed by atoms with E-state index in [0.29, 0.717) is 0 Å². The van der Waals surface area contributed by atoms with Crippen LogP contribution in [-0.4, -0.2) is 15.0 Å². The Morgan fingerprint density at radius 3 is 1.09 bits per heavy atom. The molecular formula is C52H49N3. The predicted molar refractivity (Wildman–Crippen MR) is 234 cm³/mol. The van der Waals surface area contributed by atoms with E-state index in [1.807, 2.05) is 0 Å². The van der Waals surface area contributed by atoms with Crippen molar-refractivity contribution < 1.29 is 0 Å². The number of nitrogens with zero attached hydrogens (tertiary/aromatic N) is 2. The minimum Gasteiger partial charge on any atom is -0.353 e. The molecule has 1 aliphatic rings. The monoisotopic (exact) mass is 715 g/mol. The first kappa shape index (κ1) is 34.9. The van der Waals surface area contributed by atoms with Crippen molar-refractivity contribution in [1.29, 1.82) is 0 Å². The molecule has 0 amide bonds. The second-order valence-corrected chi connectivity index (χ2v) is 18.6. The van der Waals surface area contributed by atoms with E-state index >= 15 is 0 Å². The van der Waals surface area contributed by atoms with E-state index in [1.54, 1.807) is 0 Å². The third kappa shape index (κ3) is 6.26. The van der Waals surface area contributed by atoms with Crippen LogP contribution in [0, 0.1) is 0 Å². The molecule has 8 aromatic rings. The largest absolute Gasteiger partial charge is 0.353 e. The SMILES string of the molecule is CC(C)(C)c1cc2cc(c1)-c1cc(C(C)(C)C)cc(n1)-c1cc(-c3ccccc3)cc3c1[nH]c1c(cc(-c4ccccc4)cc13)-c1cc(C(C)(C)C)cc-2n1. The zero-order chi connectivity index (χ0) is 38.4. The van der Waals surface area contributed by atoms with Crippen molar-refractivity contribution in [3.8, 4) is 67.3 Å². The van der Waals surface area contributed by atoms with Gasteiger partial charge in [0.2, 0.25) is 0 Å². The lowest BCUT2D eigenvalue weighted by molar-refractivity contribution is 0.588. The Hall–Kier alpha value is -5.80. The number of benzene rings is 5. The minimum atomic E-state index is -0.103. The fraction of sp³-hybridized carbons (Fsp3) is 0.231. The summed E-state index contributed by atoms with van der Waals surface area (Å²) in [4.78, 5) is 15.2. The highest BCUT2D eigenvalue weighted by Gasteiger charge is 2.26. The van der Waals surface area contributed by atoms with Gasteiger partial charge in [-0.15, -0.1) is 0 Å². The van der Waals surface area contributed by atoms with E-state index in [1.165, 1.54) is 38.6 Å². The topological polar surface area (TPSA) is 41.6 Å². The maximum atomic E-state index is 5.59. The third-order valence-corrected chi connectivity index (χ3v) is 11.4. The van der Waals surface area contributed by atoms with Crippen LogP contribution in [0.5, 0.6) is 0 Å². The normalized spacial score (nSPS) is 12.8. The lowest BCUT2D eigenvalue weighted by Gasteiger charge is -2.24. The molecule has 0 saturated heterocycles. The van der Waals surface area contributed by atoms with Crippen LogP contribution in [0.3, 0.4) is 0 Å². The van der Waals surface area contributed by atoms with Crippen LogP contribution < -0.4 is 0 Å². The molecule has 3 heteroatoms. The number of H-pyrrole nitrogens is 1. The molecule has 272 valence electrons. The summed E-state index contributed by atoms with van der Waals surface area (Å²) < 4.78 is 0. The van der Waals surface area contributed by atoms with Crippen LogP contribution in [0.2, 0.25) is 0 Å². The van der Waals surface area contributed by atoms with Crippen molar-refractivity contribution in [1.82, 2.24) is 15.0 Å². The number of rotatable bonds is 2. The van der Waals surface area contributed by atoms with Crippen LogP contribution in [0.4, 0.5) is 0 Å². The highest BCUT2D eigenvalue weighted by atomic mass is 14.8. The quantitative estimate of drug-likeness (QED) is 0.194. The number of hydrogen-bond acceptors (Lipinski definition) is 2. The first-order valence-corrected chi connectivity index (χ1v) is 19.6. The zero-order valence-electron chi connectivity index (χ0n) is 33.5. The zero-order valence-corrected chi connectivity index (χ0v) is 33.5. The van der Waals surface area contributed by atoms with Gasteiger partial charge >= 0.3 is 0 Å². The molecule has 0 radical (unpaired) electrons. The standard InChI is InChI=1S/C52H49N3/c1-50(2,3)37-21-35-20-36(22-37)45-28-39(52(7,8)9)30-47(54-45)43-26-34(32-18-14-11-15-19-32)24-41-40-23-33(31-16-12-10-13-17-31)25-42(48(40)55-49(41)43)46-29-38(51(4,5)6)27-44(35)53-46/h10-30,55H,1-9H3. The molecule has 0 aliphatic carbocycles. The Labute approximate surface area is 325 Å². The fourth-order valence-corrected chi connectivity index (χ4v) is 7.96. The van der Waals surface area contributed by atoms with Gasteiger partial charge in [-0.2, -0.15) is 0 Å². The van der Waals surface area contributed by atoms with Crippen LogP contribution in [0.1, 0.15) is 79.0 Å². The third-order valence-electron chi connectivity index (χ3n) is 11.4. The Kier molecular flexibility index (Phi) is 7.85.